The molecule has 5 nitrogen and oxygen atoms in total. The average molecular weight is 466 g/mol. The molecule has 3 unspecified atom stereocenters. The average Bonchev–Trinajstić information content (AvgIpc) is 2.70. The van der Waals surface area contributed by atoms with Crippen LogP contribution in [-0.2, 0) is 4.79 Å². The first-order valence-corrected chi connectivity index (χ1v) is 11.2. The minimum absolute atomic E-state index is 0.00882. The highest BCUT2D eigenvalue weighted by Crippen LogP contribution is 2.44. The van der Waals surface area contributed by atoms with Gasteiger partial charge in [0.2, 0.25) is 5.91 Å². The Balaban J connectivity index is 2.05. The number of phenols is 1. The van der Waals surface area contributed by atoms with Crippen molar-refractivity contribution in [2.45, 2.75) is 32.6 Å². The van der Waals surface area contributed by atoms with Crippen molar-refractivity contribution in [2.75, 3.05) is 27.3 Å². The monoisotopic (exact) mass is 465 g/mol. The molecule has 1 fully saturated rings. The SMILES string of the molecule is COc1cc(O)c(C(CC(=O)N2CC(C)CC(C)C2)c2cc(Cl)cc(Cl)c2)c(OC)c1. The molecule has 31 heavy (non-hydrogen) atoms. The largest absolute Gasteiger partial charge is 0.507 e. The van der Waals surface area contributed by atoms with Crippen molar-refractivity contribution in [3.05, 3.63) is 51.5 Å². The fraction of sp³-hybridized carbons (Fsp3) is 0.458. The van der Waals surface area contributed by atoms with Gasteiger partial charge >= 0.3 is 0 Å². The molecular weight excluding hydrogens is 437 g/mol. The van der Waals surface area contributed by atoms with Crippen LogP contribution in [0.15, 0.2) is 30.3 Å². The fourth-order valence-corrected chi connectivity index (χ4v) is 5.10. The summed E-state index contributed by atoms with van der Waals surface area (Å²) in [5.74, 6) is 1.34. The van der Waals surface area contributed by atoms with Crippen LogP contribution in [0.1, 0.15) is 43.7 Å². The van der Waals surface area contributed by atoms with Gasteiger partial charge in [-0.1, -0.05) is 37.0 Å². The predicted molar refractivity (Wildman–Crippen MR) is 124 cm³/mol. The third kappa shape index (κ3) is 5.58. The van der Waals surface area contributed by atoms with E-state index in [1.54, 1.807) is 24.3 Å². The van der Waals surface area contributed by atoms with Crippen LogP contribution in [0.5, 0.6) is 17.2 Å². The molecule has 1 saturated heterocycles. The van der Waals surface area contributed by atoms with E-state index in [-0.39, 0.29) is 18.1 Å². The lowest BCUT2D eigenvalue weighted by molar-refractivity contribution is -0.134. The number of carbonyl (C=O) groups excluding carboxylic acids is 1. The van der Waals surface area contributed by atoms with Gasteiger partial charge in [0.05, 0.1) is 14.2 Å². The number of methoxy groups -OCH3 is 2. The number of nitrogens with zero attached hydrogens (tertiary/aromatic N) is 1. The van der Waals surface area contributed by atoms with E-state index in [1.807, 2.05) is 4.90 Å². The second-order valence-electron chi connectivity index (χ2n) is 8.47. The van der Waals surface area contributed by atoms with Crippen LogP contribution in [0.4, 0.5) is 0 Å². The van der Waals surface area contributed by atoms with Gasteiger partial charge in [-0.25, -0.2) is 0 Å². The minimum atomic E-state index is -0.489. The molecule has 0 saturated carbocycles. The number of ether oxygens (including phenoxy) is 2. The topological polar surface area (TPSA) is 59.0 Å². The van der Waals surface area contributed by atoms with E-state index in [1.165, 1.54) is 20.3 Å². The summed E-state index contributed by atoms with van der Waals surface area (Å²) in [5.41, 5.74) is 1.25. The minimum Gasteiger partial charge on any atom is -0.507 e. The van der Waals surface area contributed by atoms with Crippen molar-refractivity contribution in [1.29, 1.82) is 0 Å². The number of amides is 1. The lowest BCUT2D eigenvalue weighted by Crippen LogP contribution is -2.43. The first-order valence-electron chi connectivity index (χ1n) is 10.4. The van der Waals surface area contributed by atoms with Gasteiger partial charge < -0.3 is 19.5 Å². The molecule has 1 N–H and O–H groups in total. The van der Waals surface area contributed by atoms with Crippen LogP contribution in [0.25, 0.3) is 0 Å². The molecule has 0 bridgehead atoms. The Hall–Kier alpha value is -2.11. The van der Waals surface area contributed by atoms with Crippen LogP contribution in [0.3, 0.4) is 0 Å². The summed E-state index contributed by atoms with van der Waals surface area (Å²) in [6.45, 7) is 5.81. The van der Waals surface area contributed by atoms with Gasteiger partial charge in [0.15, 0.2) is 0 Å². The Kier molecular flexibility index (Phi) is 7.60. The van der Waals surface area contributed by atoms with Gasteiger partial charge in [-0.05, 0) is 42.0 Å². The molecule has 1 aliphatic rings. The highest BCUT2D eigenvalue weighted by molar-refractivity contribution is 6.34. The molecule has 1 heterocycles. The molecule has 3 atom stereocenters. The van der Waals surface area contributed by atoms with Crippen molar-refractivity contribution in [1.82, 2.24) is 4.90 Å². The van der Waals surface area contributed by atoms with E-state index in [9.17, 15) is 9.90 Å². The number of piperidine rings is 1. The standard InChI is InChI=1S/C24H29Cl2NO4/c1-14-5-15(2)13-27(12-14)23(29)11-20(16-6-17(25)8-18(26)7-16)24-21(28)9-19(30-3)10-22(24)31-4/h6-10,14-15,20,28H,5,11-13H2,1-4H3. The molecule has 0 radical (unpaired) electrons. The summed E-state index contributed by atoms with van der Waals surface area (Å²) in [5, 5.41) is 11.8. The summed E-state index contributed by atoms with van der Waals surface area (Å²) in [6.07, 6.45) is 1.27. The zero-order chi connectivity index (χ0) is 22.7. The van der Waals surface area contributed by atoms with Gasteiger partial charge in [-0.15, -0.1) is 0 Å². The number of carbonyl (C=O) groups is 1. The number of hydrogen-bond acceptors (Lipinski definition) is 4. The van der Waals surface area contributed by atoms with E-state index < -0.39 is 5.92 Å². The Morgan fingerprint density at radius 1 is 1.06 bits per heavy atom. The summed E-state index contributed by atoms with van der Waals surface area (Å²) in [7, 11) is 3.04. The van der Waals surface area contributed by atoms with E-state index in [2.05, 4.69) is 13.8 Å². The van der Waals surface area contributed by atoms with Gasteiger partial charge in [0.1, 0.15) is 17.2 Å². The number of phenolic OH excluding ortho intramolecular Hbond substituents is 1. The number of rotatable bonds is 6. The molecule has 2 aromatic carbocycles. The van der Waals surface area contributed by atoms with Crippen LogP contribution in [0, 0.1) is 11.8 Å². The van der Waals surface area contributed by atoms with Crippen LogP contribution >= 0.6 is 23.2 Å². The second-order valence-corrected chi connectivity index (χ2v) is 9.34. The van der Waals surface area contributed by atoms with Crippen molar-refractivity contribution >= 4 is 29.1 Å². The summed E-state index contributed by atoms with van der Waals surface area (Å²) in [4.78, 5) is 15.3. The van der Waals surface area contributed by atoms with Crippen molar-refractivity contribution in [3.63, 3.8) is 0 Å². The number of likely N-dealkylation sites (tertiary alicyclic amines) is 1. The first-order chi connectivity index (χ1) is 14.7. The lowest BCUT2D eigenvalue weighted by Gasteiger charge is -2.36. The van der Waals surface area contributed by atoms with E-state index >= 15 is 0 Å². The number of hydrogen-bond donors (Lipinski definition) is 1. The Morgan fingerprint density at radius 3 is 2.23 bits per heavy atom. The predicted octanol–water partition coefficient (Wildman–Crippen LogP) is 5.74. The maximum absolute atomic E-state index is 13.4. The van der Waals surface area contributed by atoms with Gasteiger partial charge in [0.25, 0.3) is 0 Å². The normalized spacial score (nSPS) is 19.7. The van der Waals surface area contributed by atoms with Crippen molar-refractivity contribution in [2.24, 2.45) is 11.8 Å². The summed E-state index contributed by atoms with van der Waals surface area (Å²) >= 11 is 12.5. The Morgan fingerprint density at radius 2 is 1.68 bits per heavy atom. The van der Waals surface area contributed by atoms with E-state index in [0.29, 0.717) is 38.9 Å². The molecular formula is C24H29Cl2NO4. The zero-order valence-corrected chi connectivity index (χ0v) is 19.8. The highest BCUT2D eigenvalue weighted by atomic mass is 35.5. The van der Waals surface area contributed by atoms with Crippen LogP contribution in [-0.4, -0.2) is 43.2 Å². The number of aromatic hydroxyl groups is 1. The van der Waals surface area contributed by atoms with Crippen molar-refractivity contribution in [3.8, 4) is 17.2 Å². The molecule has 168 valence electrons. The quantitative estimate of drug-likeness (QED) is 0.590. The molecule has 0 aliphatic carbocycles. The van der Waals surface area contributed by atoms with Crippen LogP contribution < -0.4 is 9.47 Å². The maximum Gasteiger partial charge on any atom is 0.223 e. The zero-order valence-electron chi connectivity index (χ0n) is 18.3. The van der Waals surface area contributed by atoms with E-state index in [4.69, 9.17) is 32.7 Å². The molecule has 1 amide bonds. The molecule has 3 rings (SSSR count). The first kappa shape index (κ1) is 23.6. The van der Waals surface area contributed by atoms with E-state index in [0.717, 1.165) is 25.1 Å². The molecule has 0 aromatic heterocycles. The molecule has 2 aromatic rings. The molecule has 7 heteroatoms. The van der Waals surface area contributed by atoms with Crippen molar-refractivity contribution < 1.29 is 19.4 Å². The summed E-state index contributed by atoms with van der Waals surface area (Å²) < 4.78 is 10.8. The Bertz CT molecular complexity index is 919. The second kappa shape index (κ2) is 10.0. The number of benzene rings is 2. The van der Waals surface area contributed by atoms with Gasteiger partial charge in [-0.2, -0.15) is 0 Å². The van der Waals surface area contributed by atoms with Gasteiger partial charge in [-0.3, -0.25) is 4.79 Å². The van der Waals surface area contributed by atoms with Gasteiger partial charge in [0, 0.05) is 53.2 Å². The fourth-order valence-electron chi connectivity index (χ4n) is 4.56. The Labute approximate surface area is 193 Å². The third-order valence-electron chi connectivity index (χ3n) is 5.79. The molecule has 1 aliphatic heterocycles. The smallest absolute Gasteiger partial charge is 0.223 e. The third-order valence-corrected chi connectivity index (χ3v) is 6.22. The summed E-state index contributed by atoms with van der Waals surface area (Å²) in [6, 6.07) is 8.41. The van der Waals surface area contributed by atoms with Crippen LogP contribution in [0.2, 0.25) is 10.0 Å². The molecule has 0 spiro atoms. The highest BCUT2D eigenvalue weighted by Gasteiger charge is 2.31. The maximum atomic E-state index is 13.4. The number of halogens is 2. The lowest BCUT2D eigenvalue weighted by atomic mass is 9.85.